The molecule has 0 aliphatic carbocycles. The molecular weight excluding hydrogens is 199 g/mol. The van der Waals surface area contributed by atoms with Crippen molar-refractivity contribution in [2.45, 2.75) is 23.6 Å². The maximum absolute atomic E-state index is 5.17. The summed E-state index contributed by atoms with van der Waals surface area (Å²) in [7, 11) is 0.947. The van der Waals surface area contributed by atoms with Gasteiger partial charge in [0.15, 0.2) is 0 Å². The van der Waals surface area contributed by atoms with E-state index in [1.165, 1.54) is 17.8 Å². The Bertz CT molecular complexity index is 39.0. The van der Waals surface area contributed by atoms with Crippen LogP contribution in [0.2, 0.25) is 17.2 Å². The van der Waals surface area contributed by atoms with Crippen molar-refractivity contribution in [1.29, 1.82) is 0 Å². The summed E-state index contributed by atoms with van der Waals surface area (Å²) in [5.41, 5.74) is 0. The monoisotopic (exact) mass is 214 g/mol. The zero-order chi connectivity index (χ0) is 6.24. The van der Waals surface area contributed by atoms with E-state index in [1.807, 2.05) is 0 Å². The van der Waals surface area contributed by atoms with Gasteiger partial charge in [0.2, 0.25) is 0 Å². The molecule has 0 heterocycles. The molecule has 0 aliphatic heterocycles. The summed E-state index contributed by atoms with van der Waals surface area (Å²) in [5, 5.41) is 1.46. The molecule has 0 rings (SSSR count). The van der Waals surface area contributed by atoms with Gasteiger partial charge in [-0.15, -0.1) is 0 Å². The van der Waals surface area contributed by atoms with Crippen molar-refractivity contribution < 1.29 is 4.12 Å². The van der Waals surface area contributed by atoms with E-state index in [-0.39, 0.29) is 9.76 Å². The zero-order valence-electron chi connectivity index (χ0n) is 5.64. The van der Waals surface area contributed by atoms with Crippen LogP contribution in [0.5, 0.6) is 0 Å². The normalized spacial score (nSPS) is 11.6. The van der Waals surface area contributed by atoms with Crippen molar-refractivity contribution in [3.05, 3.63) is 0 Å². The van der Waals surface area contributed by atoms with Crippen molar-refractivity contribution in [2.75, 3.05) is 0 Å². The maximum atomic E-state index is 5.17. The summed E-state index contributed by atoms with van der Waals surface area (Å²) in [6.45, 7) is 0. The van der Waals surface area contributed by atoms with Gasteiger partial charge < -0.3 is 0 Å². The fourth-order valence-corrected chi connectivity index (χ4v) is 3.95. The second-order valence-electron chi connectivity index (χ2n) is 1.69. The summed E-state index contributed by atoms with van der Waals surface area (Å²) in [6.07, 6.45) is 1.44. The van der Waals surface area contributed by atoms with Crippen LogP contribution in [0.1, 0.15) is 6.42 Å². The van der Waals surface area contributed by atoms with Crippen molar-refractivity contribution >= 4 is 35.2 Å². The molecule has 0 aromatic carbocycles. The minimum absolute atomic E-state index is 0.0269. The predicted octanol–water partition coefficient (Wildman–Crippen LogP) is -0.654. The van der Waals surface area contributed by atoms with Crippen molar-refractivity contribution in [2.24, 2.45) is 0 Å². The quantitative estimate of drug-likeness (QED) is 0.435. The first-order valence-corrected chi connectivity index (χ1v) is 8.21. The molecule has 0 aromatic heterocycles. The molecule has 0 unspecified atom stereocenters. The van der Waals surface area contributed by atoms with Crippen LogP contribution in [0.25, 0.3) is 0 Å². The van der Waals surface area contributed by atoms with E-state index in [9.17, 15) is 0 Å². The van der Waals surface area contributed by atoms with E-state index >= 15 is 0 Å². The number of rotatable bonds is 5. The summed E-state index contributed by atoms with van der Waals surface area (Å²) in [4.78, 5) is 0. The van der Waals surface area contributed by atoms with Gasteiger partial charge in [-0.3, -0.25) is 0 Å². The van der Waals surface area contributed by atoms with Gasteiger partial charge in [-0.05, 0) is 0 Å². The molecule has 0 amide bonds. The molecule has 0 bridgehead atoms. The summed E-state index contributed by atoms with van der Waals surface area (Å²) >= 11 is 0.902. The van der Waals surface area contributed by atoms with Crippen LogP contribution in [-0.2, 0) is 4.12 Å². The predicted molar refractivity (Wildman–Crippen MR) is 45.4 cm³/mol. The first-order valence-electron chi connectivity index (χ1n) is 2.89. The Morgan fingerprint density at radius 1 is 1.75 bits per heavy atom. The van der Waals surface area contributed by atoms with Gasteiger partial charge in [-0.1, -0.05) is 0 Å². The molecule has 0 aliphatic rings. The Balaban J connectivity index is 2.53. The fourth-order valence-electron chi connectivity index (χ4n) is 0.493. The molecule has 0 radical (unpaired) electrons. The van der Waals surface area contributed by atoms with Crippen LogP contribution in [0.3, 0.4) is 0 Å². The van der Waals surface area contributed by atoms with E-state index < -0.39 is 0 Å². The Kier molecular flexibility index (Phi) is 8.82. The van der Waals surface area contributed by atoms with Crippen LogP contribution in [0.15, 0.2) is 0 Å². The third-order valence-corrected chi connectivity index (χ3v) is 4.83. The third-order valence-electron chi connectivity index (χ3n) is 0.947. The molecule has 4 heteroatoms. The Labute approximate surface area is 63.2 Å². The second kappa shape index (κ2) is 7.91. The van der Waals surface area contributed by atoms with Gasteiger partial charge in [0.05, 0.1) is 0 Å². The van der Waals surface area contributed by atoms with Gasteiger partial charge in [0.25, 0.3) is 0 Å². The van der Waals surface area contributed by atoms with Crippen molar-refractivity contribution in [3.8, 4) is 0 Å². The van der Waals surface area contributed by atoms with E-state index in [4.69, 9.17) is 4.12 Å². The second-order valence-corrected chi connectivity index (χ2v) is 7.19. The summed E-state index contributed by atoms with van der Waals surface area (Å²) in [5.74, 6) is 2.30. The molecule has 0 aromatic rings. The number of hydrogen-bond acceptors (Lipinski definition) is 1. The molecule has 0 spiro atoms. The van der Waals surface area contributed by atoms with Crippen molar-refractivity contribution in [1.82, 2.24) is 0 Å². The van der Waals surface area contributed by atoms with Gasteiger partial charge in [-0.2, -0.15) is 0 Å². The van der Waals surface area contributed by atoms with Crippen LogP contribution in [-0.4, -0.2) is 35.2 Å². The Morgan fingerprint density at radius 2 is 2.50 bits per heavy atom. The van der Waals surface area contributed by atoms with Gasteiger partial charge in [0.1, 0.15) is 0 Å². The zero-order valence-corrected chi connectivity index (χ0v) is 10.8. The van der Waals surface area contributed by atoms with Crippen LogP contribution >= 0.6 is 0 Å². The molecule has 0 fully saturated rings. The van der Waals surface area contributed by atoms with Gasteiger partial charge in [-0.25, -0.2) is 0 Å². The molecule has 0 saturated carbocycles. The Hall–Kier alpha value is 0.913. The van der Waals surface area contributed by atoms with E-state index in [2.05, 4.69) is 5.82 Å². The van der Waals surface area contributed by atoms with E-state index in [1.54, 1.807) is 0 Å². The topological polar surface area (TPSA) is 9.23 Å². The van der Waals surface area contributed by atoms with E-state index in [0.717, 1.165) is 25.4 Å². The third kappa shape index (κ3) is 6.91. The standard InChI is InChI=1S/C4H14OSeSi2/c1-6-3-2-4-8-5-7/h2-4,8H2,1,7H3. The molecule has 1 nitrogen and oxygen atoms in total. The van der Waals surface area contributed by atoms with Gasteiger partial charge in [0, 0.05) is 0 Å². The Morgan fingerprint density at radius 3 is 3.00 bits per heavy atom. The van der Waals surface area contributed by atoms with Crippen LogP contribution < -0.4 is 0 Å². The van der Waals surface area contributed by atoms with Gasteiger partial charge >= 0.3 is 62.9 Å². The molecule has 8 heavy (non-hydrogen) atoms. The first kappa shape index (κ1) is 8.91. The molecule has 0 saturated heterocycles. The van der Waals surface area contributed by atoms with E-state index in [0.29, 0.717) is 0 Å². The fraction of sp³-hybridized carbons (Fsp3) is 1.00. The summed E-state index contributed by atoms with van der Waals surface area (Å²) in [6, 6.07) is 1.42. The minimum atomic E-state index is -0.0269. The van der Waals surface area contributed by atoms with Crippen LogP contribution in [0.4, 0.5) is 0 Å². The molecule has 0 atom stereocenters. The van der Waals surface area contributed by atoms with Crippen molar-refractivity contribution in [3.63, 3.8) is 0 Å². The average Bonchev–Trinajstić information content (AvgIpc) is 1.81. The first-order chi connectivity index (χ1) is 3.91. The average molecular weight is 213 g/mol. The molecular formula is C4H14OSeSi2. The van der Waals surface area contributed by atoms with Crippen LogP contribution in [0, 0.1) is 0 Å². The molecule has 0 N–H and O–H groups in total. The molecule has 50 valence electrons. The number of hydrogen-bond donors (Lipinski definition) is 0. The summed E-state index contributed by atoms with van der Waals surface area (Å²) < 4.78 is 5.17. The SMILES string of the molecule is C[Se]CCC[SiH2]O[SiH3].